The van der Waals surface area contributed by atoms with Crippen LogP contribution in [0, 0.1) is 6.92 Å². The van der Waals surface area contributed by atoms with Crippen molar-refractivity contribution in [2.75, 3.05) is 40.4 Å². The summed E-state index contributed by atoms with van der Waals surface area (Å²) in [5.74, 6) is 1.53. The highest BCUT2D eigenvalue weighted by molar-refractivity contribution is 9.10. The van der Waals surface area contributed by atoms with Gasteiger partial charge in [-0.05, 0) is 65.7 Å². The molecule has 2 amide bonds. The largest absolute Gasteiger partial charge is 0.493 e. The fraction of sp³-hybridized carbons (Fsp3) is 0.391. The van der Waals surface area contributed by atoms with E-state index >= 15 is 0 Å². The number of hydrogen-bond donors (Lipinski definition) is 0. The Morgan fingerprint density at radius 3 is 2.13 bits per heavy atom. The van der Waals surface area contributed by atoms with Gasteiger partial charge in [-0.25, -0.2) is 0 Å². The van der Waals surface area contributed by atoms with Crippen molar-refractivity contribution in [2.45, 2.75) is 20.0 Å². The minimum atomic E-state index is -0.618. The number of ether oxygens (including phenoxy) is 3. The Labute approximate surface area is 191 Å². The topological polar surface area (TPSA) is 68.3 Å². The summed E-state index contributed by atoms with van der Waals surface area (Å²) in [5, 5.41) is 0. The van der Waals surface area contributed by atoms with Gasteiger partial charge in [0.15, 0.2) is 17.6 Å². The second kappa shape index (κ2) is 10.0. The summed E-state index contributed by atoms with van der Waals surface area (Å²) in [6, 6.07) is 10.8. The number of aryl methyl sites for hydroxylation is 1. The molecule has 3 rings (SSSR count). The lowest BCUT2D eigenvalue weighted by Crippen LogP contribution is -2.53. The smallest absolute Gasteiger partial charge is 0.263 e. The second-order valence-corrected chi connectivity index (χ2v) is 8.24. The van der Waals surface area contributed by atoms with Crippen LogP contribution in [0.25, 0.3) is 0 Å². The van der Waals surface area contributed by atoms with Crippen molar-refractivity contribution in [1.82, 2.24) is 9.80 Å². The molecule has 1 unspecified atom stereocenters. The molecule has 1 fully saturated rings. The van der Waals surface area contributed by atoms with Gasteiger partial charge >= 0.3 is 0 Å². The number of methoxy groups -OCH3 is 2. The van der Waals surface area contributed by atoms with Crippen LogP contribution in [0.4, 0.5) is 0 Å². The lowest BCUT2D eigenvalue weighted by molar-refractivity contribution is -0.139. The van der Waals surface area contributed by atoms with Gasteiger partial charge in [-0.1, -0.05) is 6.07 Å². The Morgan fingerprint density at radius 2 is 1.52 bits per heavy atom. The molecule has 0 saturated carbocycles. The van der Waals surface area contributed by atoms with E-state index in [1.807, 2.05) is 25.1 Å². The number of carbonyl (C=O) groups excluding carboxylic acids is 2. The zero-order chi connectivity index (χ0) is 22.5. The van der Waals surface area contributed by atoms with E-state index in [1.165, 1.54) is 7.11 Å². The third-order valence-corrected chi connectivity index (χ3v) is 5.87. The average Bonchev–Trinajstić information content (AvgIpc) is 2.79. The molecule has 1 atom stereocenters. The highest BCUT2D eigenvalue weighted by atomic mass is 79.9. The first-order chi connectivity index (χ1) is 14.8. The van der Waals surface area contributed by atoms with E-state index in [0.29, 0.717) is 49.0 Å². The van der Waals surface area contributed by atoms with Gasteiger partial charge in [0.2, 0.25) is 0 Å². The average molecular weight is 491 g/mol. The van der Waals surface area contributed by atoms with Crippen molar-refractivity contribution in [1.29, 1.82) is 0 Å². The van der Waals surface area contributed by atoms with Crippen LogP contribution < -0.4 is 14.2 Å². The van der Waals surface area contributed by atoms with Gasteiger partial charge in [-0.2, -0.15) is 0 Å². The monoisotopic (exact) mass is 490 g/mol. The molecule has 1 saturated heterocycles. The van der Waals surface area contributed by atoms with Gasteiger partial charge in [0.1, 0.15) is 5.75 Å². The molecule has 8 heteroatoms. The molecule has 0 N–H and O–H groups in total. The van der Waals surface area contributed by atoms with Crippen LogP contribution >= 0.6 is 15.9 Å². The lowest BCUT2D eigenvalue weighted by Gasteiger charge is -2.36. The van der Waals surface area contributed by atoms with Crippen LogP contribution in [0.5, 0.6) is 17.2 Å². The highest BCUT2D eigenvalue weighted by Crippen LogP contribution is 2.29. The van der Waals surface area contributed by atoms with Crippen LogP contribution in [-0.4, -0.2) is 68.1 Å². The van der Waals surface area contributed by atoms with Gasteiger partial charge < -0.3 is 24.0 Å². The first-order valence-corrected chi connectivity index (χ1v) is 10.9. The van der Waals surface area contributed by atoms with E-state index in [0.717, 1.165) is 10.0 Å². The molecule has 166 valence electrons. The molecule has 1 heterocycles. The number of piperazine rings is 1. The standard InChI is InChI=1S/C23H27BrN2O5/c1-15-5-7-19(18(24)13-15)31-16(2)22(27)25-9-11-26(12-10-25)23(28)17-6-8-20(29-3)21(14-17)30-4/h5-8,13-14,16H,9-12H2,1-4H3. The zero-order valence-electron chi connectivity index (χ0n) is 18.2. The van der Waals surface area contributed by atoms with E-state index in [1.54, 1.807) is 42.0 Å². The second-order valence-electron chi connectivity index (χ2n) is 7.38. The SMILES string of the molecule is COc1ccc(C(=O)N2CCN(C(=O)C(C)Oc3ccc(C)cc3Br)CC2)cc1OC. The quantitative estimate of drug-likeness (QED) is 0.619. The third-order valence-electron chi connectivity index (χ3n) is 5.25. The number of carbonyl (C=O) groups is 2. The summed E-state index contributed by atoms with van der Waals surface area (Å²) < 4.78 is 17.2. The summed E-state index contributed by atoms with van der Waals surface area (Å²) >= 11 is 3.48. The Hall–Kier alpha value is -2.74. The van der Waals surface area contributed by atoms with Crippen molar-refractivity contribution < 1.29 is 23.8 Å². The molecule has 0 bridgehead atoms. The Balaban J connectivity index is 1.58. The summed E-state index contributed by atoms with van der Waals surface area (Å²) in [6.45, 7) is 5.57. The molecular formula is C23H27BrN2O5. The Kier molecular flexibility index (Phi) is 7.43. The fourth-order valence-electron chi connectivity index (χ4n) is 3.48. The Morgan fingerprint density at radius 1 is 0.903 bits per heavy atom. The summed E-state index contributed by atoms with van der Waals surface area (Å²) in [7, 11) is 3.09. The first-order valence-electron chi connectivity index (χ1n) is 10.1. The summed E-state index contributed by atoms with van der Waals surface area (Å²) in [4.78, 5) is 29.2. The first kappa shape index (κ1) is 22.9. The summed E-state index contributed by atoms with van der Waals surface area (Å²) in [6.07, 6.45) is -0.618. The molecule has 7 nitrogen and oxygen atoms in total. The number of rotatable bonds is 6. The molecule has 31 heavy (non-hydrogen) atoms. The molecule has 2 aromatic carbocycles. The van der Waals surface area contributed by atoms with E-state index in [4.69, 9.17) is 14.2 Å². The number of amides is 2. The molecule has 0 radical (unpaired) electrons. The predicted molar refractivity (Wildman–Crippen MR) is 121 cm³/mol. The van der Waals surface area contributed by atoms with Gasteiger partial charge in [0.05, 0.1) is 18.7 Å². The lowest BCUT2D eigenvalue weighted by atomic mass is 10.1. The van der Waals surface area contributed by atoms with E-state index in [-0.39, 0.29) is 11.8 Å². The predicted octanol–water partition coefficient (Wildman–Crippen LogP) is 3.53. The normalized spacial score (nSPS) is 14.7. The van der Waals surface area contributed by atoms with Gasteiger partial charge in [0.25, 0.3) is 11.8 Å². The summed E-state index contributed by atoms with van der Waals surface area (Å²) in [5.41, 5.74) is 1.63. The molecule has 1 aliphatic rings. The van der Waals surface area contributed by atoms with Crippen LogP contribution in [0.2, 0.25) is 0 Å². The number of benzene rings is 2. The minimum Gasteiger partial charge on any atom is -0.493 e. The van der Waals surface area contributed by atoms with E-state index < -0.39 is 6.10 Å². The molecular weight excluding hydrogens is 464 g/mol. The van der Waals surface area contributed by atoms with Crippen molar-refractivity contribution >= 4 is 27.7 Å². The number of hydrogen-bond acceptors (Lipinski definition) is 5. The van der Waals surface area contributed by atoms with Crippen LogP contribution in [0.15, 0.2) is 40.9 Å². The fourth-order valence-corrected chi connectivity index (χ4v) is 4.07. The maximum Gasteiger partial charge on any atom is 0.263 e. The van der Waals surface area contributed by atoms with Crippen molar-refractivity contribution in [3.63, 3.8) is 0 Å². The van der Waals surface area contributed by atoms with Crippen molar-refractivity contribution in [3.8, 4) is 17.2 Å². The molecule has 0 spiro atoms. The highest BCUT2D eigenvalue weighted by Gasteiger charge is 2.29. The molecule has 0 aliphatic carbocycles. The molecule has 1 aliphatic heterocycles. The molecule has 0 aromatic heterocycles. The Bertz CT molecular complexity index is 957. The number of halogens is 1. The van der Waals surface area contributed by atoms with Crippen molar-refractivity contribution in [2.24, 2.45) is 0 Å². The van der Waals surface area contributed by atoms with Crippen LogP contribution in [0.1, 0.15) is 22.8 Å². The zero-order valence-corrected chi connectivity index (χ0v) is 19.8. The minimum absolute atomic E-state index is 0.0920. The maximum atomic E-state index is 12.9. The van der Waals surface area contributed by atoms with Gasteiger partial charge in [-0.3, -0.25) is 9.59 Å². The number of nitrogens with zero attached hydrogens (tertiary/aromatic N) is 2. The van der Waals surface area contributed by atoms with Gasteiger partial charge in [0, 0.05) is 31.7 Å². The third kappa shape index (κ3) is 5.31. The van der Waals surface area contributed by atoms with Crippen molar-refractivity contribution in [3.05, 3.63) is 52.0 Å². The van der Waals surface area contributed by atoms with E-state index in [9.17, 15) is 9.59 Å². The van der Waals surface area contributed by atoms with Crippen LogP contribution in [0.3, 0.4) is 0 Å². The molecule has 2 aromatic rings. The van der Waals surface area contributed by atoms with E-state index in [2.05, 4.69) is 15.9 Å². The van der Waals surface area contributed by atoms with Gasteiger partial charge in [-0.15, -0.1) is 0 Å². The van der Waals surface area contributed by atoms with Crippen LogP contribution in [-0.2, 0) is 4.79 Å². The maximum absolute atomic E-state index is 12.9.